The van der Waals surface area contributed by atoms with Gasteiger partial charge in [-0.25, -0.2) is 4.79 Å². The van der Waals surface area contributed by atoms with Crippen LogP contribution in [0.3, 0.4) is 0 Å². The topological polar surface area (TPSA) is 89.5 Å². The quantitative estimate of drug-likeness (QED) is 0.110. The number of carbonyl (C=O) groups excluding carboxylic acids is 2. The summed E-state index contributed by atoms with van der Waals surface area (Å²) in [5.74, 6) is -0.535. The van der Waals surface area contributed by atoms with Gasteiger partial charge < -0.3 is 32.9 Å². The van der Waals surface area contributed by atoms with Gasteiger partial charge in [-0.05, 0) is 47.9 Å². The molecule has 1 unspecified atom stereocenters. The Bertz CT molecular complexity index is 1130. The first-order valence-electron chi connectivity index (χ1n) is 15.3. The zero-order valence-electron chi connectivity index (χ0n) is 26.8. The molecule has 4 aliphatic rings. The molecule has 5 rings (SSSR count). The van der Waals surface area contributed by atoms with Crippen LogP contribution in [0.4, 0.5) is 0 Å². The highest BCUT2D eigenvalue weighted by Gasteiger charge is 2.68. The Morgan fingerprint density at radius 2 is 1.86 bits per heavy atom. The number of esters is 1. The van der Waals surface area contributed by atoms with E-state index in [2.05, 4.69) is 54.6 Å². The van der Waals surface area contributed by atoms with Gasteiger partial charge in [-0.1, -0.05) is 71.9 Å². The maximum atomic E-state index is 13.7. The van der Waals surface area contributed by atoms with E-state index in [1.165, 1.54) is 0 Å². The van der Waals surface area contributed by atoms with Crippen molar-refractivity contribution in [2.24, 2.45) is 23.7 Å². The maximum Gasteiger partial charge on any atom is 0.341 e. The third-order valence-corrected chi connectivity index (χ3v) is 14.2. The molecule has 0 radical (unpaired) electrons. The van der Waals surface area contributed by atoms with Crippen LogP contribution in [-0.4, -0.2) is 65.0 Å². The van der Waals surface area contributed by atoms with Crippen molar-refractivity contribution in [3.63, 3.8) is 0 Å². The van der Waals surface area contributed by atoms with Gasteiger partial charge in [-0.2, -0.15) is 0 Å². The summed E-state index contributed by atoms with van der Waals surface area (Å²) in [5, 5.41) is 0.128. The fraction of sp³-hybridized carbons (Fsp3) is 0.697. The Hall–Kier alpha value is -2.04. The molecule has 0 N–H and O–H groups in total. The summed E-state index contributed by atoms with van der Waals surface area (Å²) in [7, 11) is -0.333. The van der Waals surface area contributed by atoms with E-state index < -0.39 is 38.0 Å². The van der Waals surface area contributed by atoms with Gasteiger partial charge in [0.1, 0.15) is 30.9 Å². The van der Waals surface area contributed by atoms with Gasteiger partial charge in [-0.3, -0.25) is 0 Å². The number of methoxy groups -OCH3 is 1. The van der Waals surface area contributed by atoms with Crippen LogP contribution in [-0.2, 0) is 44.3 Å². The van der Waals surface area contributed by atoms with Crippen molar-refractivity contribution in [1.82, 2.24) is 0 Å². The standard InChI is InChI=1S/C33H50O8Si/c1-21(18-39-42(8,9)32(4,5)6)15-22(2)27(38-20-36-7)26-30-33(41-31(26)35)16-23(3)28(40-30)29(25(33)17-34)37-19-24-13-11-10-12-14-24/h10-14,17,21-23,25,27-29H,15-16,18-20H2,1-9H3/t21-,22+,23+,25+,27?,28+,29+,33+/m0/s1. The van der Waals surface area contributed by atoms with Crippen molar-refractivity contribution in [3.8, 4) is 0 Å². The van der Waals surface area contributed by atoms with Crippen LogP contribution in [0.25, 0.3) is 0 Å². The van der Waals surface area contributed by atoms with Crippen molar-refractivity contribution in [2.75, 3.05) is 20.5 Å². The zero-order valence-corrected chi connectivity index (χ0v) is 27.8. The fourth-order valence-corrected chi connectivity index (χ4v) is 7.55. The molecule has 3 heterocycles. The van der Waals surface area contributed by atoms with Gasteiger partial charge in [0.25, 0.3) is 0 Å². The van der Waals surface area contributed by atoms with Crippen LogP contribution in [0.2, 0.25) is 18.1 Å². The summed E-state index contributed by atoms with van der Waals surface area (Å²) in [5.41, 5.74) is 0.166. The highest BCUT2D eigenvalue weighted by atomic mass is 28.4. The summed E-state index contributed by atoms with van der Waals surface area (Å²) in [6, 6.07) is 9.82. The van der Waals surface area contributed by atoms with E-state index in [1.54, 1.807) is 7.11 Å². The number of rotatable bonds is 14. The molecular weight excluding hydrogens is 552 g/mol. The first kappa shape index (κ1) is 32.9. The molecular formula is C33H50O8Si. The van der Waals surface area contributed by atoms with Crippen LogP contribution in [0.1, 0.15) is 59.9 Å². The zero-order chi connectivity index (χ0) is 30.9. The van der Waals surface area contributed by atoms with Crippen molar-refractivity contribution in [3.05, 3.63) is 47.2 Å². The number of aldehydes is 1. The fourth-order valence-electron chi connectivity index (χ4n) is 6.41. The molecule has 8 atom stereocenters. The van der Waals surface area contributed by atoms with Crippen LogP contribution in [0.5, 0.6) is 0 Å². The maximum absolute atomic E-state index is 13.7. The van der Waals surface area contributed by atoms with Gasteiger partial charge in [0.2, 0.25) is 0 Å². The first-order chi connectivity index (χ1) is 19.8. The minimum atomic E-state index is -1.89. The van der Waals surface area contributed by atoms with Crippen molar-refractivity contribution >= 4 is 20.6 Å². The molecule has 8 nitrogen and oxygen atoms in total. The lowest BCUT2D eigenvalue weighted by molar-refractivity contribution is -0.237. The Morgan fingerprint density at radius 1 is 1.17 bits per heavy atom. The summed E-state index contributed by atoms with van der Waals surface area (Å²) in [6.07, 6.45) is 0.597. The molecule has 234 valence electrons. The predicted octanol–water partition coefficient (Wildman–Crippen LogP) is 6.05. The molecule has 1 aliphatic carbocycles. The Balaban J connectivity index is 1.58. The molecule has 9 heteroatoms. The molecule has 2 saturated heterocycles. The average molecular weight is 603 g/mol. The normalized spacial score (nSPS) is 29.5. The number of hydrogen-bond acceptors (Lipinski definition) is 8. The number of carbonyl (C=O) groups is 2. The molecule has 42 heavy (non-hydrogen) atoms. The van der Waals surface area contributed by atoms with E-state index in [9.17, 15) is 9.59 Å². The van der Waals surface area contributed by atoms with E-state index in [0.717, 1.165) is 18.3 Å². The molecule has 1 saturated carbocycles. The second-order valence-electron chi connectivity index (χ2n) is 14.1. The smallest absolute Gasteiger partial charge is 0.341 e. The first-order valence-corrected chi connectivity index (χ1v) is 18.2. The third-order valence-electron chi connectivity index (χ3n) is 9.69. The van der Waals surface area contributed by atoms with Crippen LogP contribution < -0.4 is 0 Å². The Labute approximate surface area is 252 Å². The molecule has 0 amide bonds. The van der Waals surface area contributed by atoms with Crippen LogP contribution >= 0.6 is 0 Å². The summed E-state index contributed by atoms with van der Waals surface area (Å²) < 4.78 is 37.0. The molecule has 1 aromatic rings. The van der Waals surface area contributed by atoms with Gasteiger partial charge in [0.05, 0.1) is 18.6 Å². The summed E-state index contributed by atoms with van der Waals surface area (Å²) >= 11 is 0. The molecule has 0 aromatic heterocycles. The van der Waals surface area contributed by atoms with Gasteiger partial charge >= 0.3 is 5.97 Å². The van der Waals surface area contributed by atoms with Crippen molar-refractivity contribution in [2.45, 2.75) is 103 Å². The predicted molar refractivity (Wildman–Crippen MR) is 162 cm³/mol. The lowest BCUT2D eigenvalue weighted by Crippen LogP contribution is -2.65. The minimum Gasteiger partial charge on any atom is -0.487 e. The minimum absolute atomic E-state index is 0.0146. The molecule has 3 aliphatic heterocycles. The summed E-state index contributed by atoms with van der Waals surface area (Å²) in [6.45, 7) is 18.5. The van der Waals surface area contributed by atoms with Gasteiger partial charge in [-0.15, -0.1) is 0 Å². The van der Waals surface area contributed by atoms with E-state index in [1.807, 2.05) is 30.3 Å². The SMILES string of the molecule is COCOC(C1=C2O[C@H]3[C@H](OCc4ccccc4)[C@@H](C=O)[C@@]2(C[C@H]3C)OC1=O)[C@H](C)C[C@H](C)CO[Si](C)(C)C(C)(C)C. The lowest BCUT2D eigenvalue weighted by atomic mass is 9.64. The Kier molecular flexibility index (Phi) is 10.1. The van der Waals surface area contributed by atoms with Crippen LogP contribution in [0.15, 0.2) is 41.7 Å². The molecule has 1 spiro atoms. The van der Waals surface area contributed by atoms with Gasteiger partial charge in [0.15, 0.2) is 19.7 Å². The lowest BCUT2D eigenvalue weighted by Gasteiger charge is -2.54. The monoisotopic (exact) mass is 602 g/mol. The third kappa shape index (κ3) is 6.41. The van der Waals surface area contributed by atoms with Gasteiger partial charge in [0, 0.05) is 20.1 Å². The second kappa shape index (κ2) is 12.9. The number of ether oxygens (including phenoxy) is 5. The van der Waals surface area contributed by atoms with Crippen molar-refractivity contribution in [1.29, 1.82) is 0 Å². The van der Waals surface area contributed by atoms with Crippen LogP contribution in [0, 0.1) is 23.7 Å². The Morgan fingerprint density at radius 3 is 2.48 bits per heavy atom. The number of benzene rings is 1. The highest BCUT2D eigenvalue weighted by molar-refractivity contribution is 6.74. The van der Waals surface area contributed by atoms with Crippen molar-refractivity contribution < 1.29 is 37.7 Å². The average Bonchev–Trinajstić information content (AvgIpc) is 3.21. The molecule has 2 bridgehead atoms. The van der Waals surface area contributed by atoms with E-state index in [-0.39, 0.29) is 35.7 Å². The number of hydrogen-bond donors (Lipinski definition) is 0. The largest absolute Gasteiger partial charge is 0.487 e. The summed E-state index contributed by atoms with van der Waals surface area (Å²) in [4.78, 5) is 26.3. The van der Waals surface area contributed by atoms with E-state index in [4.69, 9.17) is 28.1 Å². The molecule has 1 aromatic carbocycles. The van der Waals surface area contributed by atoms with E-state index >= 15 is 0 Å². The second-order valence-corrected chi connectivity index (χ2v) is 18.9. The molecule has 3 fully saturated rings. The highest BCUT2D eigenvalue weighted by Crippen LogP contribution is 2.57. The van der Waals surface area contributed by atoms with E-state index in [0.29, 0.717) is 31.0 Å². The number of fused-ring (bicyclic) bond motifs is 2.